The van der Waals surface area contributed by atoms with Crippen LogP contribution in [0.15, 0.2) is 5.38 Å². The summed E-state index contributed by atoms with van der Waals surface area (Å²) in [5.41, 5.74) is 0.401. The number of aromatic nitrogens is 1. The van der Waals surface area contributed by atoms with Gasteiger partial charge in [-0.2, -0.15) is 0 Å². The Bertz CT molecular complexity index is 448. The van der Waals surface area contributed by atoms with Gasteiger partial charge in [-0.05, 0) is 19.3 Å². The van der Waals surface area contributed by atoms with Crippen LogP contribution in [0.5, 0.6) is 0 Å². The number of anilines is 1. The smallest absolute Gasteiger partial charge is 0.357 e. The van der Waals surface area contributed by atoms with Crippen molar-refractivity contribution in [2.45, 2.75) is 31.4 Å². The molecule has 5 nitrogen and oxygen atoms in total. The van der Waals surface area contributed by atoms with Crippen molar-refractivity contribution in [1.29, 1.82) is 0 Å². The third-order valence-corrected chi connectivity index (χ3v) is 4.49. The molecule has 1 saturated carbocycles. The molecule has 1 saturated heterocycles. The average molecular weight is 268 g/mol. The molecule has 0 spiro atoms. The molecule has 2 unspecified atom stereocenters. The summed E-state index contributed by atoms with van der Waals surface area (Å²) in [4.78, 5) is 18.1. The van der Waals surface area contributed by atoms with E-state index in [9.17, 15) is 4.79 Å². The Morgan fingerprint density at radius 3 is 3.33 bits per heavy atom. The van der Waals surface area contributed by atoms with E-state index >= 15 is 0 Å². The summed E-state index contributed by atoms with van der Waals surface area (Å²) in [6, 6.07) is 0.426. The van der Waals surface area contributed by atoms with Crippen LogP contribution in [0.3, 0.4) is 0 Å². The number of hydrogen-bond donors (Lipinski definition) is 0. The molecule has 6 heteroatoms. The number of esters is 1. The van der Waals surface area contributed by atoms with Crippen molar-refractivity contribution >= 4 is 22.4 Å². The minimum absolute atomic E-state index is 0.337. The van der Waals surface area contributed by atoms with Crippen LogP contribution in [0.1, 0.15) is 29.8 Å². The Hall–Kier alpha value is -1.14. The Morgan fingerprint density at radius 2 is 2.50 bits per heavy atom. The van der Waals surface area contributed by atoms with Crippen molar-refractivity contribution in [2.24, 2.45) is 0 Å². The van der Waals surface area contributed by atoms with Gasteiger partial charge >= 0.3 is 5.97 Å². The first-order valence-electron chi connectivity index (χ1n) is 6.21. The molecule has 2 aliphatic rings. The zero-order valence-electron chi connectivity index (χ0n) is 10.3. The predicted molar refractivity (Wildman–Crippen MR) is 68.2 cm³/mol. The molecule has 1 aliphatic carbocycles. The van der Waals surface area contributed by atoms with Crippen LogP contribution in [0.4, 0.5) is 5.13 Å². The minimum Gasteiger partial charge on any atom is -0.464 e. The second-order valence-electron chi connectivity index (χ2n) is 4.61. The van der Waals surface area contributed by atoms with Crippen molar-refractivity contribution in [2.75, 3.05) is 25.2 Å². The SMILES string of the molecule is COC(=O)c1csc(N2CCOC3CCCC32)n1. The number of fused-ring (bicyclic) bond motifs is 1. The van der Waals surface area contributed by atoms with Crippen LogP contribution in [0.25, 0.3) is 0 Å². The molecule has 2 heterocycles. The fourth-order valence-corrected chi connectivity index (χ4v) is 3.64. The molecule has 0 radical (unpaired) electrons. The lowest BCUT2D eigenvalue weighted by atomic mass is 10.1. The van der Waals surface area contributed by atoms with Crippen molar-refractivity contribution < 1.29 is 14.3 Å². The summed E-state index contributed by atoms with van der Waals surface area (Å²) < 4.78 is 10.5. The summed E-state index contributed by atoms with van der Waals surface area (Å²) in [7, 11) is 1.38. The van der Waals surface area contributed by atoms with E-state index in [1.54, 1.807) is 5.38 Å². The Balaban J connectivity index is 1.81. The first kappa shape index (κ1) is 11.9. The van der Waals surface area contributed by atoms with Gasteiger partial charge in [0.15, 0.2) is 10.8 Å². The molecule has 2 atom stereocenters. The molecule has 3 rings (SSSR count). The van der Waals surface area contributed by atoms with Gasteiger partial charge in [0.25, 0.3) is 0 Å². The van der Waals surface area contributed by atoms with Gasteiger partial charge in [-0.3, -0.25) is 0 Å². The fraction of sp³-hybridized carbons (Fsp3) is 0.667. The monoisotopic (exact) mass is 268 g/mol. The highest BCUT2D eigenvalue weighted by molar-refractivity contribution is 7.13. The molecule has 0 N–H and O–H groups in total. The fourth-order valence-electron chi connectivity index (χ4n) is 2.76. The minimum atomic E-state index is -0.367. The lowest BCUT2D eigenvalue weighted by Crippen LogP contribution is -2.48. The van der Waals surface area contributed by atoms with Gasteiger partial charge in [0.1, 0.15) is 0 Å². The zero-order chi connectivity index (χ0) is 12.5. The van der Waals surface area contributed by atoms with Gasteiger partial charge in [-0.15, -0.1) is 11.3 Å². The van der Waals surface area contributed by atoms with Crippen LogP contribution in [-0.4, -0.2) is 43.4 Å². The van der Waals surface area contributed by atoms with E-state index in [2.05, 4.69) is 14.6 Å². The molecule has 0 amide bonds. The van der Waals surface area contributed by atoms with Crippen LogP contribution >= 0.6 is 11.3 Å². The van der Waals surface area contributed by atoms with Crippen molar-refractivity contribution in [3.8, 4) is 0 Å². The molecule has 0 bridgehead atoms. The maximum atomic E-state index is 11.4. The molecule has 0 aromatic carbocycles. The van der Waals surface area contributed by atoms with E-state index in [0.29, 0.717) is 17.8 Å². The molecular formula is C12H16N2O3S. The molecule has 18 heavy (non-hydrogen) atoms. The van der Waals surface area contributed by atoms with Crippen molar-refractivity contribution in [3.05, 3.63) is 11.1 Å². The first-order chi connectivity index (χ1) is 8.79. The lowest BCUT2D eigenvalue weighted by Gasteiger charge is -2.37. The Morgan fingerprint density at radius 1 is 1.61 bits per heavy atom. The number of rotatable bonds is 2. The number of nitrogens with zero attached hydrogens (tertiary/aromatic N) is 2. The quantitative estimate of drug-likeness (QED) is 0.764. The molecular weight excluding hydrogens is 252 g/mol. The summed E-state index contributed by atoms with van der Waals surface area (Å²) in [6.45, 7) is 1.60. The summed E-state index contributed by atoms with van der Waals surface area (Å²) >= 11 is 1.51. The van der Waals surface area contributed by atoms with E-state index in [4.69, 9.17) is 4.74 Å². The number of hydrogen-bond acceptors (Lipinski definition) is 6. The normalized spacial score (nSPS) is 27.1. The third kappa shape index (κ3) is 1.99. The standard InChI is InChI=1S/C12H16N2O3S/c1-16-11(15)8-7-18-12(13-8)14-5-6-17-10-4-2-3-9(10)14/h7,9-10H,2-6H2,1H3. The van der Waals surface area contributed by atoms with Crippen LogP contribution in [0, 0.1) is 0 Å². The molecule has 1 aromatic heterocycles. The van der Waals surface area contributed by atoms with Crippen molar-refractivity contribution in [1.82, 2.24) is 4.98 Å². The summed E-state index contributed by atoms with van der Waals surface area (Å²) in [5, 5.41) is 2.68. The first-order valence-corrected chi connectivity index (χ1v) is 7.09. The van der Waals surface area contributed by atoms with Gasteiger partial charge < -0.3 is 14.4 Å². The lowest BCUT2D eigenvalue weighted by molar-refractivity contribution is 0.0256. The van der Waals surface area contributed by atoms with Gasteiger partial charge in [0, 0.05) is 11.9 Å². The largest absolute Gasteiger partial charge is 0.464 e. The van der Waals surface area contributed by atoms with Gasteiger partial charge in [0.2, 0.25) is 0 Å². The van der Waals surface area contributed by atoms with Crippen molar-refractivity contribution in [3.63, 3.8) is 0 Å². The number of methoxy groups -OCH3 is 1. The second-order valence-corrected chi connectivity index (χ2v) is 5.44. The van der Waals surface area contributed by atoms with E-state index in [1.165, 1.54) is 24.9 Å². The highest BCUT2D eigenvalue weighted by Crippen LogP contribution is 2.34. The topological polar surface area (TPSA) is 51.7 Å². The number of carbonyl (C=O) groups is 1. The number of ether oxygens (including phenoxy) is 2. The number of thiazole rings is 1. The third-order valence-electron chi connectivity index (χ3n) is 3.61. The Labute approximate surface area is 110 Å². The van der Waals surface area contributed by atoms with Crippen LogP contribution in [-0.2, 0) is 9.47 Å². The van der Waals surface area contributed by atoms with E-state index in [1.807, 2.05) is 0 Å². The molecule has 98 valence electrons. The molecule has 2 fully saturated rings. The maximum Gasteiger partial charge on any atom is 0.357 e. The zero-order valence-corrected chi connectivity index (χ0v) is 11.1. The number of morpholine rings is 1. The van der Waals surface area contributed by atoms with Gasteiger partial charge in [-0.25, -0.2) is 9.78 Å². The highest BCUT2D eigenvalue weighted by Gasteiger charge is 2.37. The van der Waals surface area contributed by atoms with E-state index in [0.717, 1.165) is 31.1 Å². The Kier molecular flexibility index (Phi) is 3.22. The summed E-state index contributed by atoms with van der Waals surface area (Å²) in [5.74, 6) is -0.367. The number of carbonyl (C=O) groups excluding carboxylic acids is 1. The van der Waals surface area contributed by atoms with E-state index in [-0.39, 0.29) is 5.97 Å². The summed E-state index contributed by atoms with van der Waals surface area (Å²) in [6.07, 6.45) is 3.83. The average Bonchev–Trinajstić information content (AvgIpc) is 3.05. The van der Waals surface area contributed by atoms with Gasteiger partial charge in [-0.1, -0.05) is 0 Å². The maximum absolute atomic E-state index is 11.4. The van der Waals surface area contributed by atoms with E-state index < -0.39 is 0 Å². The van der Waals surface area contributed by atoms with Crippen LogP contribution < -0.4 is 4.90 Å². The highest BCUT2D eigenvalue weighted by atomic mass is 32.1. The molecule has 1 aromatic rings. The second kappa shape index (κ2) is 4.85. The van der Waals surface area contributed by atoms with Gasteiger partial charge in [0.05, 0.1) is 25.9 Å². The molecule has 1 aliphatic heterocycles. The van der Waals surface area contributed by atoms with Crippen LogP contribution in [0.2, 0.25) is 0 Å². The predicted octanol–water partition coefficient (Wildman–Crippen LogP) is 1.69.